The lowest BCUT2D eigenvalue weighted by Gasteiger charge is -2.23. The number of aryl methyl sites for hydroxylation is 2. The molecule has 1 aromatic heterocycles. The van der Waals surface area contributed by atoms with Gasteiger partial charge in [-0.15, -0.1) is 11.3 Å². The second-order valence-electron chi connectivity index (χ2n) is 6.87. The molecule has 0 radical (unpaired) electrons. The van der Waals surface area contributed by atoms with Crippen molar-refractivity contribution in [2.45, 2.75) is 19.9 Å². The normalized spacial score (nSPS) is 18.3. The van der Waals surface area contributed by atoms with Crippen LogP contribution < -0.4 is 4.90 Å². The van der Waals surface area contributed by atoms with Gasteiger partial charge in [-0.3, -0.25) is 14.5 Å². The van der Waals surface area contributed by atoms with Crippen LogP contribution >= 0.6 is 38.9 Å². The van der Waals surface area contributed by atoms with Crippen LogP contribution in [0.2, 0.25) is 5.02 Å². The third-order valence-electron chi connectivity index (χ3n) is 4.95. The Hall–Kier alpha value is -2.48. The van der Waals surface area contributed by atoms with Gasteiger partial charge in [-0.2, -0.15) is 0 Å². The zero-order valence-corrected chi connectivity index (χ0v) is 19.2. The molecule has 5 nitrogen and oxygen atoms in total. The van der Waals surface area contributed by atoms with Crippen LogP contribution in [0, 0.1) is 13.8 Å². The van der Waals surface area contributed by atoms with Crippen molar-refractivity contribution in [3.8, 4) is 0 Å². The van der Waals surface area contributed by atoms with E-state index in [9.17, 15) is 14.7 Å². The molecule has 1 saturated heterocycles. The highest BCUT2D eigenvalue weighted by Crippen LogP contribution is 2.44. The molecule has 0 bridgehead atoms. The number of halogens is 2. The number of thiazole rings is 1. The molecule has 1 N–H and O–H groups in total. The van der Waals surface area contributed by atoms with E-state index in [0.29, 0.717) is 21.3 Å². The molecule has 3 aromatic rings. The Labute approximate surface area is 190 Å². The predicted octanol–water partition coefficient (Wildman–Crippen LogP) is 5.80. The molecule has 30 heavy (non-hydrogen) atoms. The Balaban J connectivity index is 1.96. The van der Waals surface area contributed by atoms with E-state index in [2.05, 4.69) is 20.9 Å². The number of hydrogen-bond donors (Lipinski definition) is 1. The minimum atomic E-state index is -0.803. The first-order valence-corrected chi connectivity index (χ1v) is 11.0. The Morgan fingerprint density at radius 2 is 1.87 bits per heavy atom. The molecule has 0 aliphatic carbocycles. The number of amides is 1. The summed E-state index contributed by atoms with van der Waals surface area (Å²) < 4.78 is 0.795. The molecule has 0 unspecified atom stereocenters. The number of ketones is 1. The molecule has 4 rings (SSSR count). The Bertz CT molecular complexity index is 1180. The summed E-state index contributed by atoms with van der Waals surface area (Å²) in [7, 11) is 0. The fourth-order valence-electron chi connectivity index (χ4n) is 3.34. The number of rotatable bonds is 3. The van der Waals surface area contributed by atoms with Crippen molar-refractivity contribution in [3.63, 3.8) is 0 Å². The van der Waals surface area contributed by atoms with Crippen molar-refractivity contribution in [3.05, 3.63) is 85.3 Å². The molecular weight excluding hydrogens is 488 g/mol. The number of benzene rings is 2. The Kier molecular flexibility index (Phi) is 5.53. The van der Waals surface area contributed by atoms with E-state index in [-0.39, 0.29) is 11.3 Å². The number of nitrogens with zero attached hydrogens (tertiary/aromatic N) is 2. The van der Waals surface area contributed by atoms with Gasteiger partial charge in [0, 0.05) is 19.9 Å². The lowest BCUT2D eigenvalue weighted by atomic mass is 9.95. The quantitative estimate of drug-likeness (QED) is 0.278. The summed E-state index contributed by atoms with van der Waals surface area (Å²) in [5.74, 6) is -1.72. The summed E-state index contributed by atoms with van der Waals surface area (Å²) in [6.45, 7) is 3.77. The summed E-state index contributed by atoms with van der Waals surface area (Å²) in [6, 6.07) is 13.0. The monoisotopic (exact) mass is 502 g/mol. The van der Waals surface area contributed by atoms with E-state index in [1.807, 2.05) is 38.1 Å². The second-order valence-corrected chi connectivity index (χ2v) is 9.40. The van der Waals surface area contributed by atoms with Crippen LogP contribution in [0.4, 0.5) is 5.13 Å². The maximum absolute atomic E-state index is 13.1. The molecule has 2 heterocycles. The highest BCUT2D eigenvalue weighted by atomic mass is 79.9. The minimum absolute atomic E-state index is 0.0194. The molecule has 8 heteroatoms. The number of carbonyl (C=O) groups is 2. The van der Waals surface area contributed by atoms with Gasteiger partial charge in [0.05, 0.1) is 17.3 Å². The average Bonchev–Trinajstić information content (AvgIpc) is 3.18. The van der Waals surface area contributed by atoms with Crippen LogP contribution in [0.5, 0.6) is 0 Å². The first-order chi connectivity index (χ1) is 14.3. The van der Waals surface area contributed by atoms with Crippen LogP contribution in [0.1, 0.15) is 27.7 Å². The van der Waals surface area contributed by atoms with E-state index in [0.717, 1.165) is 15.0 Å². The molecule has 2 aromatic carbocycles. The maximum Gasteiger partial charge on any atom is 0.301 e. The van der Waals surface area contributed by atoms with Gasteiger partial charge < -0.3 is 5.11 Å². The largest absolute Gasteiger partial charge is 0.507 e. The second kappa shape index (κ2) is 7.98. The smallest absolute Gasteiger partial charge is 0.301 e. The third kappa shape index (κ3) is 3.57. The van der Waals surface area contributed by atoms with Crippen LogP contribution in [0.15, 0.2) is 58.6 Å². The summed E-state index contributed by atoms with van der Waals surface area (Å²) in [5, 5.41) is 12.0. The first kappa shape index (κ1) is 20.8. The Morgan fingerprint density at radius 3 is 2.47 bits per heavy atom. The molecule has 1 aliphatic heterocycles. The van der Waals surface area contributed by atoms with Crippen molar-refractivity contribution in [1.82, 2.24) is 4.98 Å². The summed E-state index contributed by atoms with van der Waals surface area (Å²) >= 11 is 10.7. The molecule has 0 saturated carbocycles. The lowest BCUT2D eigenvalue weighted by molar-refractivity contribution is -0.132. The number of hydrogen-bond acceptors (Lipinski definition) is 5. The van der Waals surface area contributed by atoms with Crippen molar-refractivity contribution in [2.75, 3.05) is 4.90 Å². The predicted molar refractivity (Wildman–Crippen MR) is 122 cm³/mol. The van der Waals surface area contributed by atoms with Crippen molar-refractivity contribution >= 4 is 61.4 Å². The van der Waals surface area contributed by atoms with Gasteiger partial charge >= 0.3 is 5.91 Å². The molecule has 1 atom stereocenters. The SMILES string of the molecule is Cc1nc(N2C(=O)C(=O)/C(=C(/O)c3ccc(Cl)cc3)[C@@H]2c2cccc(Br)c2)sc1C. The topological polar surface area (TPSA) is 70.5 Å². The number of aliphatic hydroxyl groups is 1. The number of anilines is 1. The molecule has 1 fully saturated rings. The van der Waals surface area contributed by atoms with Gasteiger partial charge in [-0.05, 0) is 55.8 Å². The molecular formula is C22H16BrClN2O3S. The fourth-order valence-corrected chi connectivity index (χ4v) is 4.82. The van der Waals surface area contributed by atoms with Gasteiger partial charge in [0.2, 0.25) is 0 Å². The molecule has 1 aliphatic rings. The van der Waals surface area contributed by atoms with E-state index >= 15 is 0 Å². The number of Topliss-reactive ketones (excluding diaryl/α,β-unsaturated/α-hetero) is 1. The highest BCUT2D eigenvalue weighted by Gasteiger charge is 2.48. The number of aliphatic hydroxyl groups excluding tert-OH is 1. The van der Waals surface area contributed by atoms with Crippen molar-refractivity contribution in [2.24, 2.45) is 0 Å². The van der Waals surface area contributed by atoms with Crippen LogP contribution in [-0.4, -0.2) is 21.8 Å². The van der Waals surface area contributed by atoms with Crippen molar-refractivity contribution in [1.29, 1.82) is 0 Å². The number of aromatic nitrogens is 1. The highest BCUT2D eigenvalue weighted by molar-refractivity contribution is 9.10. The minimum Gasteiger partial charge on any atom is -0.507 e. The van der Waals surface area contributed by atoms with E-state index in [4.69, 9.17) is 11.6 Å². The third-order valence-corrected chi connectivity index (χ3v) is 6.77. The zero-order valence-electron chi connectivity index (χ0n) is 16.0. The summed E-state index contributed by atoms with van der Waals surface area (Å²) in [6.07, 6.45) is 0. The maximum atomic E-state index is 13.1. The van der Waals surface area contributed by atoms with Crippen LogP contribution in [0.25, 0.3) is 5.76 Å². The first-order valence-electron chi connectivity index (χ1n) is 9.04. The molecule has 0 spiro atoms. The van der Waals surface area contributed by atoms with E-state index < -0.39 is 17.7 Å². The fraction of sp³-hybridized carbons (Fsp3) is 0.136. The Morgan fingerprint density at radius 1 is 1.17 bits per heavy atom. The van der Waals surface area contributed by atoms with Gasteiger partial charge in [0.25, 0.3) is 5.78 Å². The van der Waals surface area contributed by atoms with Crippen LogP contribution in [-0.2, 0) is 9.59 Å². The standard InChI is InChI=1S/C22H16BrClN2O3S/c1-11-12(2)30-22(25-11)26-18(14-4-3-5-15(23)10-14)17(20(28)21(26)29)19(27)13-6-8-16(24)9-7-13/h3-10,18,27H,1-2H3/b19-17+/t18-/m0/s1. The lowest BCUT2D eigenvalue weighted by Crippen LogP contribution is -2.29. The molecule has 152 valence electrons. The van der Waals surface area contributed by atoms with Gasteiger partial charge in [-0.1, -0.05) is 39.7 Å². The van der Waals surface area contributed by atoms with E-state index in [1.54, 1.807) is 24.3 Å². The molecule has 1 amide bonds. The summed E-state index contributed by atoms with van der Waals surface area (Å²) in [4.78, 5) is 32.9. The van der Waals surface area contributed by atoms with Crippen LogP contribution in [0.3, 0.4) is 0 Å². The average molecular weight is 504 g/mol. The number of carbonyl (C=O) groups excluding carboxylic acids is 2. The van der Waals surface area contributed by atoms with Gasteiger partial charge in [0.1, 0.15) is 5.76 Å². The van der Waals surface area contributed by atoms with Crippen molar-refractivity contribution < 1.29 is 14.7 Å². The zero-order chi connectivity index (χ0) is 21.6. The van der Waals surface area contributed by atoms with Gasteiger partial charge in [0.15, 0.2) is 5.13 Å². The summed E-state index contributed by atoms with van der Waals surface area (Å²) in [5.41, 5.74) is 1.90. The van der Waals surface area contributed by atoms with Gasteiger partial charge in [-0.25, -0.2) is 4.98 Å². The van der Waals surface area contributed by atoms with E-state index in [1.165, 1.54) is 16.2 Å².